The van der Waals surface area contributed by atoms with E-state index in [1.807, 2.05) is 23.6 Å². The van der Waals surface area contributed by atoms with E-state index in [0.29, 0.717) is 16.2 Å². The Morgan fingerprint density at radius 3 is 2.61 bits per heavy atom. The van der Waals surface area contributed by atoms with Crippen LogP contribution in [0.5, 0.6) is 5.75 Å². The molecule has 0 atom stereocenters. The lowest BCUT2D eigenvalue weighted by Crippen LogP contribution is -2.16. The number of rotatable bonds is 5. The van der Waals surface area contributed by atoms with E-state index >= 15 is 0 Å². The molecular formula is C21H14N2O4S. The summed E-state index contributed by atoms with van der Waals surface area (Å²) in [7, 11) is 0. The largest absolute Gasteiger partial charge is 0.451 e. The van der Waals surface area contributed by atoms with Gasteiger partial charge in [0.15, 0.2) is 5.76 Å². The van der Waals surface area contributed by atoms with Gasteiger partial charge in [0, 0.05) is 5.39 Å². The summed E-state index contributed by atoms with van der Waals surface area (Å²) in [6, 6.07) is 19.3. The second kappa shape index (κ2) is 7.89. The third-order valence-electron chi connectivity index (χ3n) is 3.84. The average molecular weight is 390 g/mol. The van der Waals surface area contributed by atoms with Crippen molar-refractivity contribution in [2.45, 2.75) is 0 Å². The Hall–Kier alpha value is -3.71. The molecule has 7 heteroatoms. The second-order valence-electron chi connectivity index (χ2n) is 5.78. The van der Waals surface area contributed by atoms with Gasteiger partial charge in [0.1, 0.15) is 16.2 Å². The zero-order valence-corrected chi connectivity index (χ0v) is 15.3. The van der Waals surface area contributed by atoms with Gasteiger partial charge in [-0.05, 0) is 53.4 Å². The van der Waals surface area contributed by atoms with E-state index in [2.05, 4.69) is 10.5 Å². The zero-order chi connectivity index (χ0) is 19.3. The maximum atomic E-state index is 12.1. The third-order valence-corrected chi connectivity index (χ3v) is 4.69. The van der Waals surface area contributed by atoms with Crippen LogP contribution in [-0.2, 0) is 0 Å². The van der Waals surface area contributed by atoms with Gasteiger partial charge in [0.25, 0.3) is 0 Å². The third kappa shape index (κ3) is 3.99. The molecule has 0 spiro atoms. The number of fused-ring (bicyclic) bond motifs is 1. The fourth-order valence-corrected chi connectivity index (χ4v) is 3.09. The van der Waals surface area contributed by atoms with Crippen LogP contribution in [-0.4, -0.2) is 18.1 Å². The second-order valence-corrected chi connectivity index (χ2v) is 6.73. The summed E-state index contributed by atoms with van der Waals surface area (Å²) in [6.45, 7) is 0. The molecule has 2 aromatic carbocycles. The van der Waals surface area contributed by atoms with Crippen LogP contribution >= 0.6 is 11.3 Å². The monoisotopic (exact) mass is 390 g/mol. The molecule has 4 rings (SSSR count). The van der Waals surface area contributed by atoms with Gasteiger partial charge in [-0.3, -0.25) is 4.79 Å². The molecule has 0 saturated carbocycles. The predicted octanol–water partition coefficient (Wildman–Crippen LogP) is 4.48. The quantitative estimate of drug-likeness (QED) is 0.236. The van der Waals surface area contributed by atoms with Gasteiger partial charge in [-0.25, -0.2) is 10.2 Å². The van der Waals surface area contributed by atoms with Gasteiger partial charge < -0.3 is 9.15 Å². The van der Waals surface area contributed by atoms with Crippen molar-refractivity contribution in [3.8, 4) is 5.75 Å². The minimum atomic E-state index is -0.436. The predicted molar refractivity (Wildman–Crippen MR) is 107 cm³/mol. The molecule has 0 fully saturated rings. The molecule has 1 amide bonds. The van der Waals surface area contributed by atoms with E-state index in [1.54, 1.807) is 48.5 Å². The molecule has 0 radical (unpaired) electrons. The Balaban J connectivity index is 1.35. The fourth-order valence-electron chi connectivity index (χ4n) is 2.49. The average Bonchev–Trinajstić information content (AvgIpc) is 3.39. The van der Waals surface area contributed by atoms with Crippen molar-refractivity contribution >= 4 is 40.4 Å². The SMILES string of the molecule is O=C(N/N=C/c1ccc(OC(=O)c2cccs2)cc1)c1cc2ccccc2o1. The summed E-state index contributed by atoms with van der Waals surface area (Å²) in [5.74, 6) is -0.209. The molecule has 0 aliphatic carbocycles. The highest BCUT2D eigenvalue weighted by Gasteiger charge is 2.11. The topological polar surface area (TPSA) is 80.9 Å². The summed E-state index contributed by atoms with van der Waals surface area (Å²) in [5.41, 5.74) is 3.81. The number of hydrogen-bond acceptors (Lipinski definition) is 6. The number of furan rings is 1. The molecule has 0 bridgehead atoms. The number of amides is 1. The van der Waals surface area contributed by atoms with Crippen molar-refractivity contribution in [1.29, 1.82) is 0 Å². The number of nitrogens with one attached hydrogen (secondary N) is 1. The Morgan fingerprint density at radius 2 is 1.86 bits per heavy atom. The lowest BCUT2D eigenvalue weighted by Gasteiger charge is -2.02. The standard InChI is InChI=1S/C21H14N2O4S/c24-20(18-12-15-4-1-2-5-17(15)27-18)23-22-13-14-7-9-16(10-8-14)26-21(25)19-6-3-11-28-19/h1-13H,(H,23,24)/b22-13+. The molecule has 2 heterocycles. The van der Waals surface area contributed by atoms with Crippen LogP contribution in [0.1, 0.15) is 25.8 Å². The van der Waals surface area contributed by atoms with Crippen molar-refractivity contribution < 1.29 is 18.7 Å². The van der Waals surface area contributed by atoms with Crippen molar-refractivity contribution in [3.05, 3.63) is 88.3 Å². The number of hydrazone groups is 1. The van der Waals surface area contributed by atoms with Gasteiger partial charge >= 0.3 is 11.9 Å². The Labute approximate surface area is 164 Å². The van der Waals surface area contributed by atoms with Crippen molar-refractivity contribution in [2.75, 3.05) is 0 Å². The Morgan fingerprint density at radius 1 is 1.04 bits per heavy atom. The van der Waals surface area contributed by atoms with Crippen molar-refractivity contribution in [3.63, 3.8) is 0 Å². The Bertz CT molecular complexity index is 1110. The van der Waals surface area contributed by atoms with Gasteiger partial charge in [-0.2, -0.15) is 5.10 Å². The van der Waals surface area contributed by atoms with Crippen molar-refractivity contribution in [1.82, 2.24) is 5.43 Å². The van der Waals surface area contributed by atoms with Crippen LogP contribution in [0.2, 0.25) is 0 Å². The molecule has 28 heavy (non-hydrogen) atoms. The maximum absolute atomic E-state index is 12.1. The van der Waals surface area contributed by atoms with E-state index < -0.39 is 11.9 Å². The molecule has 0 aliphatic heterocycles. The summed E-state index contributed by atoms with van der Waals surface area (Å²) < 4.78 is 10.8. The first-order chi connectivity index (χ1) is 13.7. The summed E-state index contributed by atoms with van der Waals surface area (Å²) in [5, 5.41) is 6.60. The molecular weight excluding hydrogens is 376 g/mol. The molecule has 1 N–H and O–H groups in total. The first-order valence-electron chi connectivity index (χ1n) is 8.37. The van der Waals surface area contributed by atoms with E-state index in [1.165, 1.54) is 17.6 Å². The molecule has 6 nitrogen and oxygen atoms in total. The van der Waals surface area contributed by atoms with Crippen LogP contribution < -0.4 is 10.2 Å². The number of ether oxygens (including phenoxy) is 1. The first-order valence-corrected chi connectivity index (χ1v) is 9.25. The van der Waals surface area contributed by atoms with Gasteiger partial charge in [-0.15, -0.1) is 11.3 Å². The zero-order valence-electron chi connectivity index (χ0n) is 14.5. The number of esters is 1. The highest BCUT2D eigenvalue weighted by molar-refractivity contribution is 7.12. The van der Waals surface area contributed by atoms with E-state index in [9.17, 15) is 9.59 Å². The number of para-hydroxylation sites is 1. The summed E-state index contributed by atoms with van der Waals surface area (Å²) in [6.07, 6.45) is 1.49. The number of thiophene rings is 1. The van der Waals surface area contributed by atoms with E-state index in [-0.39, 0.29) is 5.76 Å². The van der Waals surface area contributed by atoms with Gasteiger partial charge in [-0.1, -0.05) is 24.3 Å². The highest BCUT2D eigenvalue weighted by Crippen LogP contribution is 2.19. The number of hydrogen-bond donors (Lipinski definition) is 1. The minimum absolute atomic E-state index is 0.189. The van der Waals surface area contributed by atoms with Gasteiger partial charge in [0.2, 0.25) is 0 Å². The fraction of sp³-hybridized carbons (Fsp3) is 0. The van der Waals surface area contributed by atoms with Crippen LogP contribution in [0.4, 0.5) is 0 Å². The Kier molecular flexibility index (Phi) is 4.99. The van der Waals surface area contributed by atoms with Gasteiger partial charge in [0.05, 0.1) is 6.21 Å². The molecule has 138 valence electrons. The number of carbonyl (C=O) groups excluding carboxylic acids is 2. The molecule has 0 unspecified atom stereocenters. The molecule has 2 aromatic heterocycles. The highest BCUT2D eigenvalue weighted by atomic mass is 32.1. The maximum Gasteiger partial charge on any atom is 0.353 e. The number of nitrogens with zero attached hydrogens (tertiary/aromatic N) is 1. The first kappa shape index (κ1) is 17.7. The number of benzene rings is 2. The van der Waals surface area contributed by atoms with Crippen LogP contribution in [0.15, 0.2) is 81.6 Å². The van der Waals surface area contributed by atoms with Crippen LogP contribution in [0.25, 0.3) is 11.0 Å². The molecule has 4 aromatic rings. The molecule has 0 aliphatic rings. The van der Waals surface area contributed by atoms with Crippen LogP contribution in [0, 0.1) is 0 Å². The number of carbonyl (C=O) groups is 2. The van der Waals surface area contributed by atoms with E-state index in [4.69, 9.17) is 9.15 Å². The minimum Gasteiger partial charge on any atom is -0.451 e. The summed E-state index contributed by atoms with van der Waals surface area (Å²) in [4.78, 5) is 24.6. The lowest BCUT2D eigenvalue weighted by atomic mass is 10.2. The summed E-state index contributed by atoms with van der Waals surface area (Å²) >= 11 is 1.32. The van der Waals surface area contributed by atoms with E-state index in [0.717, 1.165) is 10.9 Å². The lowest BCUT2D eigenvalue weighted by molar-refractivity contribution is 0.0739. The van der Waals surface area contributed by atoms with Crippen molar-refractivity contribution in [2.24, 2.45) is 5.10 Å². The molecule has 0 saturated heterocycles. The van der Waals surface area contributed by atoms with Crippen LogP contribution in [0.3, 0.4) is 0 Å². The normalized spacial score (nSPS) is 11.0. The smallest absolute Gasteiger partial charge is 0.353 e.